The van der Waals surface area contributed by atoms with Gasteiger partial charge in [-0.15, -0.1) is 0 Å². The van der Waals surface area contributed by atoms with E-state index >= 15 is 0 Å². The number of hydrogen-bond acceptors (Lipinski definition) is 2. The van der Waals surface area contributed by atoms with E-state index < -0.39 is 8.32 Å². The number of allylic oxidation sites excluding steroid dienone is 1. The standard InChI is InChI=1S/C17H33NO2Si/c1-10-11-14-12(2)15(13(3)16(19)18(14)7)20-21(8,9)17(4,5)6/h10-15H,1-9H3/b11-10+/t12-,13+,14-,15-/m0/s1. The van der Waals surface area contributed by atoms with Crippen LogP contribution >= 0.6 is 0 Å². The topological polar surface area (TPSA) is 29.5 Å². The first kappa shape index (κ1) is 18.4. The first-order valence-electron chi connectivity index (χ1n) is 8.01. The maximum Gasteiger partial charge on any atom is 0.228 e. The summed E-state index contributed by atoms with van der Waals surface area (Å²) >= 11 is 0. The lowest BCUT2D eigenvalue weighted by molar-refractivity contribution is -0.147. The lowest BCUT2D eigenvalue weighted by Crippen LogP contribution is -2.59. The zero-order chi connectivity index (χ0) is 16.6. The van der Waals surface area contributed by atoms with Gasteiger partial charge in [0, 0.05) is 13.0 Å². The van der Waals surface area contributed by atoms with Crippen LogP contribution in [-0.2, 0) is 9.22 Å². The molecule has 0 N–H and O–H groups in total. The Morgan fingerprint density at radius 1 is 1.24 bits per heavy atom. The third-order valence-corrected chi connectivity index (χ3v) is 9.83. The van der Waals surface area contributed by atoms with E-state index in [2.05, 4.69) is 46.9 Å². The molecule has 0 aliphatic carbocycles. The highest BCUT2D eigenvalue weighted by Gasteiger charge is 2.47. The van der Waals surface area contributed by atoms with Crippen molar-refractivity contribution in [2.75, 3.05) is 7.05 Å². The van der Waals surface area contributed by atoms with Gasteiger partial charge >= 0.3 is 0 Å². The summed E-state index contributed by atoms with van der Waals surface area (Å²) in [5.74, 6) is 0.438. The quantitative estimate of drug-likeness (QED) is 0.581. The fourth-order valence-electron chi connectivity index (χ4n) is 2.84. The predicted octanol–water partition coefficient (Wildman–Crippen LogP) is 4.07. The zero-order valence-corrected chi connectivity index (χ0v) is 16.2. The summed E-state index contributed by atoms with van der Waals surface area (Å²) in [6.07, 6.45) is 4.16. The molecule has 122 valence electrons. The Hall–Kier alpha value is -0.613. The molecular formula is C17H33NO2Si. The third-order valence-electron chi connectivity index (χ3n) is 5.36. The summed E-state index contributed by atoms with van der Waals surface area (Å²) in [5.41, 5.74) is 0. The number of rotatable bonds is 3. The van der Waals surface area contributed by atoms with Crippen molar-refractivity contribution in [2.24, 2.45) is 11.8 Å². The Kier molecular flexibility index (Phi) is 5.49. The molecule has 0 spiro atoms. The number of piperidine rings is 1. The number of hydrogen-bond donors (Lipinski definition) is 0. The highest BCUT2D eigenvalue weighted by Crippen LogP contribution is 2.41. The molecule has 0 bridgehead atoms. The fourth-order valence-corrected chi connectivity index (χ4v) is 4.29. The van der Waals surface area contributed by atoms with Crippen LogP contribution in [0, 0.1) is 11.8 Å². The number of carbonyl (C=O) groups is 1. The highest BCUT2D eigenvalue weighted by molar-refractivity contribution is 6.74. The van der Waals surface area contributed by atoms with Crippen molar-refractivity contribution in [3.8, 4) is 0 Å². The molecule has 1 aliphatic heterocycles. The van der Waals surface area contributed by atoms with Crippen molar-refractivity contribution >= 4 is 14.2 Å². The number of carbonyl (C=O) groups excluding carboxylic acids is 1. The van der Waals surface area contributed by atoms with Crippen LogP contribution in [0.5, 0.6) is 0 Å². The van der Waals surface area contributed by atoms with Crippen LogP contribution in [0.25, 0.3) is 0 Å². The molecule has 4 heteroatoms. The van der Waals surface area contributed by atoms with Gasteiger partial charge in [0.25, 0.3) is 0 Å². The maximum absolute atomic E-state index is 12.5. The average molecular weight is 312 g/mol. The molecular weight excluding hydrogens is 278 g/mol. The van der Waals surface area contributed by atoms with Crippen LogP contribution in [0.15, 0.2) is 12.2 Å². The van der Waals surface area contributed by atoms with E-state index in [0.29, 0.717) is 5.92 Å². The van der Waals surface area contributed by atoms with Crippen LogP contribution in [0.2, 0.25) is 18.1 Å². The Labute approximate surface area is 131 Å². The van der Waals surface area contributed by atoms with Crippen LogP contribution in [0.1, 0.15) is 41.5 Å². The molecule has 1 heterocycles. The summed E-state index contributed by atoms with van der Waals surface area (Å²) in [6, 6.07) is 0.133. The monoisotopic (exact) mass is 311 g/mol. The van der Waals surface area contributed by atoms with Crippen molar-refractivity contribution < 1.29 is 9.22 Å². The molecule has 1 aliphatic rings. The number of likely N-dealkylation sites (tertiary alicyclic amines) is 1. The molecule has 4 atom stereocenters. The van der Waals surface area contributed by atoms with Gasteiger partial charge in [0.15, 0.2) is 8.32 Å². The van der Waals surface area contributed by atoms with Crippen LogP contribution in [0.4, 0.5) is 0 Å². The first-order chi connectivity index (χ1) is 9.44. The second-order valence-electron chi connectivity index (χ2n) is 7.96. The minimum Gasteiger partial charge on any atom is -0.413 e. The van der Waals surface area contributed by atoms with Gasteiger partial charge in [-0.1, -0.05) is 46.8 Å². The van der Waals surface area contributed by atoms with Gasteiger partial charge in [0.2, 0.25) is 5.91 Å². The Morgan fingerprint density at radius 2 is 1.76 bits per heavy atom. The van der Waals surface area contributed by atoms with Gasteiger partial charge in [-0.25, -0.2) is 0 Å². The van der Waals surface area contributed by atoms with Crippen molar-refractivity contribution in [3.05, 3.63) is 12.2 Å². The molecule has 0 aromatic carbocycles. The summed E-state index contributed by atoms with van der Waals surface area (Å²) in [5, 5.41) is 0.162. The molecule has 0 unspecified atom stereocenters. The summed E-state index contributed by atoms with van der Waals surface area (Å²) in [7, 11) is 0.0304. The van der Waals surface area contributed by atoms with Crippen molar-refractivity contribution in [3.63, 3.8) is 0 Å². The molecule has 3 nitrogen and oxygen atoms in total. The van der Waals surface area contributed by atoms with E-state index in [1.54, 1.807) is 0 Å². The highest BCUT2D eigenvalue weighted by atomic mass is 28.4. The van der Waals surface area contributed by atoms with Crippen molar-refractivity contribution in [1.29, 1.82) is 0 Å². The van der Waals surface area contributed by atoms with Gasteiger partial charge in [-0.3, -0.25) is 4.79 Å². The van der Waals surface area contributed by atoms with E-state index in [-0.39, 0.29) is 29.0 Å². The maximum atomic E-state index is 12.5. The Balaban J connectivity index is 3.07. The van der Waals surface area contributed by atoms with E-state index in [9.17, 15) is 4.79 Å². The second kappa shape index (κ2) is 6.25. The molecule has 1 saturated heterocycles. The molecule has 0 aromatic heterocycles. The van der Waals surface area contributed by atoms with Crippen molar-refractivity contribution in [2.45, 2.75) is 71.8 Å². The van der Waals surface area contributed by atoms with Crippen LogP contribution in [-0.4, -0.2) is 38.3 Å². The van der Waals surface area contributed by atoms with Gasteiger partial charge in [0.05, 0.1) is 18.1 Å². The second-order valence-corrected chi connectivity index (χ2v) is 12.7. The van der Waals surface area contributed by atoms with Gasteiger partial charge in [-0.2, -0.15) is 0 Å². The number of likely N-dealkylation sites (N-methyl/N-ethyl adjacent to an activating group) is 1. The fraction of sp³-hybridized carbons (Fsp3) is 0.824. The minimum atomic E-state index is -1.87. The molecule has 1 fully saturated rings. The smallest absolute Gasteiger partial charge is 0.228 e. The first-order valence-corrected chi connectivity index (χ1v) is 10.9. The Morgan fingerprint density at radius 3 is 2.19 bits per heavy atom. The molecule has 0 aromatic rings. The SMILES string of the molecule is C/C=C/[C@H]1[C@H](C)[C@H](O[Si](C)(C)C(C)(C)C)[C@@H](C)C(=O)N1C. The predicted molar refractivity (Wildman–Crippen MR) is 91.8 cm³/mol. The van der Waals surface area contributed by atoms with Gasteiger partial charge in [-0.05, 0) is 25.1 Å². The van der Waals surface area contributed by atoms with Crippen LogP contribution < -0.4 is 0 Å². The summed E-state index contributed by atoms with van der Waals surface area (Å²) in [4.78, 5) is 14.4. The number of amides is 1. The third kappa shape index (κ3) is 3.59. The molecule has 1 rings (SSSR count). The molecule has 21 heavy (non-hydrogen) atoms. The lowest BCUT2D eigenvalue weighted by atomic mass is 9.82. The molecule has 1 amide bonds. The van der Waals surface area contributed by atoms with E-state index in [1.165, 1.54) is 0 Å². The van der Waals surface area contributed by atoms with Crippen molar-refractivity contribution in [1.82, 2.24) is 4.90 Å². The van der Waals surface area contributed by atoms with E-state index in [1.807, 2.05) is 31.9 Å². The minimum absolute atomic E-state index is 0.00999. The number of nitrogens with zero attached hydrogens (tertiary/aromatic N) is 1. The normalized spacial score (nSPS) is 32.0. The molecule has 0 radical (unpaired) electrons. The van der Waals surface area contributed by atoms with E-state index in [0.717, 1.165) is 0 Å². The summed E-state index contributed by atoms with van der Waals surface area (Å²) in [6.45, 7) is 17.5. The summed E-state index contributed by atoms with van der Waals surface area (Å²) < 4.78 is 6.62. The average Bonchev–Trinajstić information content (AvgIpc) is 2.36. The lowest BCUT2D eigenvalue weighted by Gasteiger charge is -2.49. The zero-order valence-electron chi connectivity index (χ0n) is 15.2. The van der Waals surface area contributed by atoms with Crippen LogP contribution in [0.3, 0.4) is 0 Å². The Bertz CT molecular complexity index is 412. The molecule has 0 saturated carbocycles. The largest absolute Gasteiger partial charge is 0.413 e. The van der Waals surface area contributed by atoms with E-state index in [4.69, 9.17) is 4.43 Å². The van der Waals surface area contributed by atoms with Gasteiger partial charge in [0.1, 0.15) is 0 Å². The van der Waals surface area contributed by atoms with Gasteiger partial charge < -0.3 is 9.33 Å².